The number of nitrogens with zero attached hydrogens (tertiary/aromatic N) is 1. The topological polar surface area (TPSA) is 64.8 Å². The van der Waals surface area contributed by atoms with Crippen molar-refractivity contribution in [3.8, 4) is 11.5 Å². The number of carbonyl (C=O) groups excluding carboxylic acids is 1. The Kier molecular flexibility index (Phi) is 4.52. The second-order valence-corrected chi connectivity index (χ2v) is 6.13. The number of nitrogens with two attached hydrogens (primary N) is 1. The number of fused-ring (bicyclic) bond motifs is 1. The summed E-state index contributed by atoms with van der Waals surface area (Å²) in [4.78, 5) is 14.5. The van der Waals surface area contributed by atoms with Crippen molar-refractivity contribution >= 4 is 5.91 Å². The number of rotatable bonds is 4. The van der Waals surface area contributed by atoms with Crippen LogP contribution in [0.3, 0.4) is 0 Å². The fourth-order valence-electron chi connectivity index (χ4n) is 3.24. The Morgan fingerprint density at radius 2 is 2.23 bits per heavy atom. The van der Waals surface area contributed by atoms with Crippen LogP contribution in [0.25, 0.3) is 0 Å². The highest BCUT2D eigenvalue weighted by atomic mass is 16.6. The number of likely N-dealkylation sites (tertiary alicyclic amines) is 1. The van der Waals surface area contributed by atoms with Gasteiger partial charge >= 0.3 is 0 Å². The highest BCUT2D eigenvalue weighted by Gasteiger charge is 2.33. The van der Waals surface area contributed by atoms with Crippen molar-refractivity contribution in [1.82, 2.24) is 4.90 Å². The van der Waals surface area contributed by atoms with Gasteiger partial charge < -0.3 is 20.1 Å². The molecule has 0 bridgehead atoms. The molecule has 0 saturated carbocycles. The predicted molar refractivity (Wildman–Crippen MR) is 84.0 cm³/mol. The average molecular weight is 304 g/mol. The van der Waals surface area contributed by atoms with E-state index in [1.807, 2.05) is 24.0 Å². The molecule has 0 radical (unpaired) electrons. The average Bonchev–Trinajstić information content (AvgIpc) is 3.01. The van der Waals surface area contributed by atoms with Crippen molar-refractivity contribution in [2.24, 2.45) is 5.73 Å². The number of hydrogen-bond donors (Lipinski definition) is 1. The highest BCUT2D eigenvalue weighted by Crippen LogP contribution is 2.42. The molecule has 5 heteroatoms. The molecule has 0 aliphatic carbocycles. The first-order valence-corrected chi connectivity index (χ1v) is 8.10. The van der Waals surface area contributed by atoms with E-state index in [0.717, 1.165) is 42.9 Å². The molecule has 1 amide bonds. The lowest BCUT2D eigenvalue weighted by Gasteiger charge is -2.29. The summed E-state index contributed by atoms with van der Waals surface area (Å²) >= 11 is 0. The van der Waals surface area contributed by atoms with E-state index in [2.05, 4.69) is 6.07 Å². The minimum absolute atomic E-state index is 0.0613. The van der Waals surface area contributed by atoms with Crippen LogP contribution >= 0.6 is 0 Å². The molecule has 1 fully saturated rings. The maximum atomic E-state index is 12.5. The Bertz CT molecular complexity index is 545. The van der Waals surface area contributed by atoms with Crippen molar-refractivity contribution in [2.45, 2.75) is 44.7 Å². The summed E-state index contributed by atoms with van der Waals surface area (Å²) in [5.41, 5.74) is 6.84. The third-order valence-electron chi connectivity index (χ3n) is 4.34. The first-order valence-electron chi connectivity index (χ1n) is 8.10. The van der Waals surface area contributed by atoms with Gasteiger partial charge in [-0.3, -0.25) is 4.79 Å². The SMILES string of the molecule is CC(N)CCC(=O)N1CCCC1c1cccc2c1OCCO2. The fourth-order valence-corrected chi connectivity index (χ4v) is 3.24. The number of hydrogen-bond acceptors (Lipinski definition) is 4. The summed E-state index contributed by atoms with van der Waals surface area (Å²) in [5.74, 6) is 1.79. The standard InChI is InChI=1S/C17H24N2O3/c1-12(18)7-8-16(20)19-9-3-5-14(19)13-4-2-6-15-17(13)22-11-10-21-15/h2,4,6,12,14H,3,5,7-11,18H2,1H3. The summed E-state index contributed by atoms with van der Waals surface area (Å²) in [5, 5.41) is 0. The number of benzene rings is 1. The third-order valence-corrected chi connectivity index (χ3v) is 4.34. The van der Waals surface area contributed by atoms with Crippen LogP contribution in [-0.2, 0) is 4.79 Å². The Hall–Kier alpha value is -1.75. The summed E-state index contributed by atoms with van der Waals surface area (Å²) < 4.78 is 11.5. The summed E-state index contributed by atoms with van der Waals surface area (Å²) in [6.45, 7) is 3.90. The van der Waals surface area contributed by atoms with Gasteiger partial charge in [-0.05, 0) is 32.3 Å². The number of amides is 1. The molecule has 0 spiro atoms. The van der Waals surface area contributed by atoms with Gasteiger partial charge in [0.05, 0.1) is 6.04 Å². The molecule has 5 nitrogen and oxygen atoms in total. The van der Waals surface area contributed by atoms with Crippen molar-refractivity contribution in [2.75, 3.05) is 19.8 Å². The third kappa shape index (κ3) is 3.04. The second-order valence-electron chi connectivity index (χ2n) is 6.13. The number of para-hydroxylation sites is 1. The van der Waals surface area contributed by atoms with E-state index in [1.165, 1.54) is 0 Å². The lowest BCUT2D eigenvalue weighted by molar-refractivity contribution is -0.132. The molecule has 120 valence electrons. The molecule has 22 heavy (non-hydrogen) atoms. The molecule has 1 aromatic carbocycles. The second kappa shape index (κ2) is 6.57. The molecule has 2 atom stereocenters. The van der Waals surface area contributed by atoms with Crippen LogP contribution in [0.1, 0.15) is 44.2 Å². The lowest BCUT2D eigenvalue weighted by atomic mass is 10.0. The molecule has 0 aromatic heterocycles. The van der Waals surface area contributed by atoms with Gasteiger partial charge in [0, 0.05) is 24.6 Å². The van der Waals surface area contributed by atoms with E-state index in [0.29, 0.717) is 19.6 Å². The largest absolute Gasteiger partial charge is 0.486 e. The van der Waals surface area contributed by atoms with E-state index in [1.54, 1.807) is 0 Å². The maximum Gasteiger partial charge on any atom is 0.223 e. The predicted octanol–water partition coefficient (Wildman–Crippen LogP) is 2.25. The van der Waals surface area contributed by atoms with E-state index in [-0.39, 0.29) is 18.0 Å². The number of carbonyl (C=O) groups is 1. The van der Waals surface area contributed by atoms with Crippen molar-refractivity contribution in [3.63, 3.8) is 0 Å². The molecule has 3 rings (SSSR count). The van der Waals surface area contributed by atoms with E-state index in [9.17, 15) is 4.79 Å². The van der Waals surface area contributed by atoms with Gasteiger partial charge in [-0.25, -0.2) is 0 Å². The quantitative estimate of drug-likeness (QED) is 0.926. The van der Waals surface area contributed by atoms with E-state index < -0.39 is 0 Å². The monoisotopic (exact) mass is 304 g/mol. The van der Waals surface area contributed by atoms with Crippen molar-refractivity contribution in [1.29, 1.82) is 0 Å². The molecule has 1 saturated heterocycles. The summed E-state index contributed by atoms with van der Waals surface area (Å²) in [6.07, 6.45) is 3.25. The van der Waals surface area contributed by atoms with Gasteiger partial charge in [-0.15, -0.1) is 0 Å². The van der Waals surface area contributed by atoms with Gasteiger partial charge in [0.1, 0.15) is 13.2 Å². The molecular weight excluding hydrogens is 280 g/mol. The molecular formula is C17H24N2O3. The fraction of sp³-hybridized carbons (Fsp3) is 0.588. The van der Waals surface area contributed by atoms with Crippen molar-refractivity contribution < 1.29 is 14.3 Å². The molecule has 2 aliphatic heterocycles. The Labute approximate surface area is 131 Å². The summed E-state index contributed by atoms with van der Waals surface area (Å²) in [6, 6.07) is 6.11. The van der Waals surface area contributed by atoms with Crippen LogP contribution in [0.4, 0.5) is 0 Å². The normalized spacial score (nSPS) is 21.7. The zero-order valence-electron chi connectivity index (χ0n) is 13.1. The van der Waals surface area contributed by atoms with Crippen LogP contribution in [0, 0.1) is 0 Å². The minimum atomic E-state index is 0.0613. The maximum absolute atomic E-state index is 12.5. The van der Waals surface area contributed by atoms with Crippen LogP contribution in [-0.4, -0.2) is 36.6 Å². The Balaban J connectivity index is 1.80. The van der Waals surface area contributed by atoms with Gasteiger partial charge in [0.15, 0.2) is 11.5 Å². The Morgan fingerprint density at radius 3 is 3.05 bits per heavy atom. The molecule has 2 aliphatic rings. The minimum Gasteiger partial charge on any atom is -0.486 e. The van der Waals surface area contributed by atoms with Crippen molar-refractivity contribution in [3.05, 3.63) is 23.8 Å². The molecule has 2 N–H and O–H groups in total. The highest BCUT2D eigenvalue weighted by molar-refractivity contribution is 5.77. The number of ether oxygens (including phenoxy) is 2. The molecule has 1 aromatic rings. The van der Waals surface area contributed by atoms with Crippen LogP contribution in [0.2, 0.25) is 0 Å². The van der Waals surface area contributed by atoms with Gasteiger partial charge in [0.25, 0.3) is 0 Å². The van der Waals surface area contributed by atoms with Gasteiger partial charge in [-0.2, -0.15) is 0 Å². The van der Waals surface area contributed by atoms with Crippen LogP contribution < -0.4 is 15.2 Å². The van der Waals surface area contributed by atoms with Crippen LogP contribution in [0.5, 0.6) is 11.5 Å². The zero-order chi connectivity index (χ0) is 15.5. The zero-order valence-corrected chi connectivity index (χ0v) is 13.1. The smallest absolute Gasteiger partial charge is 0.223 e. The van der Waals surface area contributed by atoms with Gasteiger partial charge in [-0.1, -0.05) is 12.1 Å². The van der Waals surface area contributed by atoms with Crippen LogP contribution in [0.15, 0.2) is 18.2 Å². The molecule has 2 unspecified atom stereocenters. The first kappa shape index (κ1) is 15.2. The first-order chi connectivity index (χ1) is 10.7. The Morgan fingerprint density at radius 1 is 1.41 bits per heavy atom. The van der Waals surface area contributed by atoms with E-state index >= 15 is 0 Å². The van der Waals surface area contributed by atoms with Gasteiger partial charge in [0.2, 0.25) is 5.91 Å². The lowest BCUT2D eigenvalue weighted by Crippen LogP contribution is -2.32. The van der Waals surface area contributed by atoms with E-state index in [4.69, 9.17) is 15.2 Å². The summed E-state index contributed by atoms with van der Waals surface area (Å²) in [7, 11) is 0. The molecule has 2 heterocycles.